The molecule has 0 saturated carbocycles. The standard InChI is InChI=1S/C24H22N4O2/c1-17(2)23-21(16-26-28(23)22-10-6-7-15-25-22)24(29)27-18-11-13-20(14-12-18)30-19-8-4-3-5-9-19/h3-17H,1-2H3,(H,27,29). The monoisotopic (exact) mass is 398 g/mol. The van der Waals surface area contributed by atoms with Crippen molar-refractivity contribution in [1.29, 1.82) is 0 Å². The van der Waals surface area contributed by atoms with Crippen molar-refractivity contribution in [3.05, 3.63) is 96.4 Å². The molecule has 0 bridgehead atoms. The van der Waals surface area contributed by atoms with Crippen molar-refractivity contribution in [2.45, 2.75) is 19.8 Å². The Bertz CT molecular complexity index is 1120. The zero-order valence-electron chi connectivity index (χ0n) is 16.8. The number of amides is 1. The van der Waals surface area contributed by atoms with Gasteiger partial charge in [0.1, 0.15) is 11.5 Å². The summed E-state index contributed by atoms with van der Waals surface area (Å²) >= 11 is 0. The third-order valence-corrected chi connectivity index (χ3v) is 4.56. The molecule has 2 heterocycles. The fourth-order valence-electron chi connectivity index (χ4n) is 3.18. The van der Waals surface area contributed by atoms with Gasteiger partial charge in [0.15, 0.2) is 5.82 Å². The van der Waals surface area contributed by atoms with Gasteiger partial charge in [0.25, 0.3) is 5.91 Å². The summed E-state index contributed by atoms with van der Waals surface area (Å²) < 4.78 is 7.51. The van der Waals surface area contributed by atoms with Crippen molar-refractivity contribution < 1.29 is 9.53 Å². The van der Waals surface area contributed by atoms with E-state index in [1.54, 1.807) is 17.1 Å². The van der Waals surface area contributed by atoms with E-state index in [0.29, 0.717) is 22.8 Å². The second-order valence-corrected chi connectivity index (χ2v) is 7.09. The van der Waals surface area contributed by atoms with Gasteiger partial charge in [-0.25, -0.2) is 9.67 Å². The number of carbonyl (C=O) groups is 1. The fourth-order valence-corrected chi connectivity index (χ4v) is 3.18. The van der Waals surface area contributed by atoms with Crippen LogP contribution in [0.3, 0.4) is 0 Å². The highest BCUT2D eigenvalue weighted by Crippen LogP contribution is 2.25. The van der Waals surface area contributed by atoms with Gasteiger partial charge in [0.05, 0.1) is 17.5 Å². The van der Waals surface area contributed by atoms with Crippen molar-refractivity contribution in [1.82, 2.24) is 14.8 Å². The first-order chi connectivity index (χ1) is 14.6. The van der Waals surface area contributed by atoms with Gasteiger partial charge in [-0.05, 0) is 54.4 Å². The van der Waals surface area contributed by atoms with Gasteiger partial charge in [0, 0.05) is 11.9 Å². The Kier molecular flexibility index (Phi) is 5.57. The van der Waals surface area contributed by atoms with Gasteiger partial charge in [0.2, 0.25) is 0 Å². The molecular formula is C24H22N4O2. The number of nitrogens with one attached hydrogen (secondary N) is 1. The maximum absolute atomic E-state index is 12.9. The van der Waals surface area contributed by atoms with E-state index in [4.69, 9.17) is 4.74 Å². The van der Waals surface area contributed by atoms with Crippen molar-refractivity contribution in [2.24, 2.45) is 0 Å². The Morgan fingerprint density at radius 2 is 1.63 bits per heavy atom. The molecule has 4 aromatic rings. The minimum Gasteiger partial charge on any atom is -0.457 e. The maximum atomic E-state index is 12.9. The molecule has 150 valence electrons. The quantitative estimate of drug-likeness (QED) is 0.470. The molecule has 0 aliphatic heterocycles. The van der Waals surface area contributed by atoms with E-state index in [2.05, 4.69) is 15.4 Å². The highest BCUT2D eigenvalue weighted by Gasteiger charge is 2.21. The molecule has 4 rings (SSSR count). The van der Waals surface area contributed by atoms with Crippen LogP contribution in [0.2, 0.25) is 0 Å². The Hall–Kier alpha value is -3.93. The SMILES string of the molecule is CC(C)c1c(C(=O)Nc2ccc(Oc3ccccc3)cc2)cnn1-c1ccccn1. The van der Waals surface area contributed by atoms with Crippen LogP contribution in [-0.2, 0) is 0 Å². The minimum absolute atomic E-state index is 0.0944. The number of hydrogen-bond donors (Lipinski definition) is 1. The minimum atomic E-state index is -0.211. The van der Waals surface area contributed by atoms with E-state index in [-0.39, 0.29) is 11.8 Å². The molecule has 6 heteroatoms. The summed E-state index contributed by atoms with van der Waals surface area (Å²) in [6.45, 7) is 4.06. The van der Waals surface area contributed by atoms with Gasteiger partial charge in [-0.15, -0.1) is 0 Å². The zero-order valence-corrected chi connectivity index (χ0v) is 16.8. The van der Waals surface area contributed by atoms with Crippen LogP contribution in [0.5, 0.6) is 11.5 Å². The van der Waals surface area contributed by atoms with E-state index in [0.717, 1.165) is 11.4 Å². The largest absolute Gasteiger partial charge is 0.457 e. The number of ether oxygens (including phenoxy) is 1. The van der Waals surface area contributed by atoms with Gasteiger partial charge >= 0.3 is 0 Å². The Morgan fingerprint density at radius 3 is 2.30 bits per heavy atom. The van der Waals surface area contributed by atoms with Crippen molar-refractivity contribution in [3.8, 4) is 17.3 Å². The number of pyridine rings is 1. The summed E-state index contributed by atoms with van der Waals surface area (Å²) in [5.41, 5.74) is 2.02. The molecule has 2 aromatic heterocycles. The van der Waals surface area contributed by atoms with Crippen LogP contribution in [0.25, 0.3) is 5.82 Å². The summed E-state index contributed by atoms with van der Waals surface area (Å²) in [6, 6.07) is 22.4. The molecule has 0 atom stereocenters. The van der Waals surface area contributed by atoms with Gasteiger partial charge in [-0.2, -0.15) is 5.10 Å². The van der Waals surface area contributed by atoms with Crippen molar-refractivity contribution in [3.63, 3.8) is 0 Å². The molecule has 0 spiro atoms. The molecule has 0 aliphatic rings. The number of benzene rings is 2. The average Bonchev–Trinajstić information content (AvgIpc) is 3.22. The number of hydrogen-bond acceptors (Lipinski definition) is 4. The Labute approximate surface area is 175 Å². The van der Waals surface area contributed by atoms with Gasteiger partial charge < -0.3 is 10.1 Å². The molecular weight excluding hydrogens is 376 g/mol. The molecule has 0 fully saturated rings. The van der Waals surface area contributed by atoms with E-state index in [1.807, 2.05) is 86.6 Å². The number of nitrogens with zero attached hydrogens (tertiary/aromatic N) is 3. The Morgan fingerprint density at radius 1 is 0.933 bits per heavy atom. The van der Waals surface area contributed by atoms with Crippen LogP contribution in [0.4, 0.5) is 5.69 Å². The van der Waals surface area contributed by atoms with E-state index in [1.165, 1.54) is 0 Å². The smallest absolute Gasteiger partial charge is 0.259 e. The highest BCUT2D eigenvalue weighted by atomic mass is 16.5. The number of para-hydroxylation sites is 1. The van der Waals surface area contributed by atoms with Crippen LogP contribution >= 0.6 is 0 Å². The molecule has 6 nitrogen and oxygen atoms in total. The predicted octanol–water partition coefficient (Wildman–Crippen LogP) is 5.44. The lowest BCUT2D eigenvalue weighted by Gasteiger charge is -2.12. The number of rotatable bonds is 6. The molecule has 0 aliphatic carbocycles. The third kappa shape index (κ3) is 4.22. The predicted molar refractivity (Wildman–Crippen MR) is 116 cm³/mol. The number of anilines is 1. The summed E-state index contributed by atoms with van der Waals surface area (Å²) in [5, 5.41) is 7.35. The molecule has 1 amide bonds. The van der Waals surface area contributed by atoms with Crippen molar-refractivity contribution >= 4 is 11.6 Å². The lowest BCUT2D eigenvalue weighted by atomic mass is 10.1. The van der Waals surface area contributed by atoms with Gasteiger partial charge in [-0.3, -0.25) is 4.79 Å². The molecule has 30 heavy (non-hydrogen) atoms. The van der Waals surface area contributed by atoms with E-state index in [9.17, 15) is 4.79 Å². The average molecular weight is 398 g/mol. The molecule has 1 N–H and O–H groups in total. The van der Waals surface area contributed by atoms with Crippen LogP contribution in [0.15, 0.2) is 85.2 Å². The summed E-state index contributed by atoms with van der Waals surface area (Å²) in [4.78, 5) is 17.3. The van der Waals surface area contributed by atoms with E-state index < -0.39 is 0 Å². The van der Waals surface area contributed by atoms with Crippen LogP contribution < -0.4 is 10.1 Å². The first-order valence-electron chi connectivity index (χ1n) is 9.75. The normalized spacial score (nSPS) is 10.8. The van der Waals surface area contributed by atoms with E-state index >= 15 is 0 Å². The fraction of sp³-hybridized carbons (Fsp3) is 0.125. The van der Waals surface area contributed by atoms with Crippen molar-refractivity contribution in [2.75, 3.05) is 5.32 Å². The van der Waals surface area contributed by atoms with Crippen LogP contribution in [0, 0.1) is 0 Å². The highest BCUT2D eigenvalue weighted by molar-refractivity contribution is 6.05. The number of aromatic nitrogens is 3. The van der Waals surface area contributed by atoms with Crippen LogP contribution in [-0.4, -0.2) is 20.7 Å². The molecule has 0 radical (unpaired) electrons. The Balaban J connectivity index is 1.52. The second kappa shape index (κ2) is 8.61. The lowest BCUT2D eigenvalue weighted by Crippen LogP contribution is -2.15. The van der Waals surface area contributed by atoms with Crippen LogP contribution in [0.1, 0.15) is 35.8 Å². The first-order valence-corrected chi connectivity index (χ1v) is 9.75. The zero-order chi connectivity index (χ0) is 20.9. The second-order valence-electron chi connectivity index (χ2n) is 7.09. The molecule has 0 unspecified atom stereocenters. The maximum Gasteiger partial charge on any atom is 0.259 e. The third-order valence-electron chi connectivity index (χ3n) is 4.56. The summed E-state index contributed by atoms with van der Waals surface area (Å²) in [5.74, 6) is 2.03. The molecule has 0 saturated heterocycles. The first kappa shape index (κ1) is 19.4. The summed E-state index contributed by atoms with van der Waals surface area (Å²) in [6.07, 6.45) is 3.30. The number of carbonyl (C=O) groups excluding carboxylic acids is 1. The topological polar surface area (TPSA) is 69.0 Å². The molecule has 2 aromatic carbocycles. The van der Waals surface area contributed by atoms with Gasteiger partial charge in [-0.1, -0.05) is 38.1 Å². The lowest BCUT2D eigenvalue weighted by molar-refractivity contribution is 0.102. The summed E-state index contributed by atoms with van der Waals surface area (Å²) in [7, 11) is 0.